The molecule has 2 unspecified atom stereocenters. The lowest BCUT2D eigenvalue weighted by Gasteiger charge is -2.30. The van der Waals surface area contributed by atoms with E-state index in [-0.39, 0.29) is 0 Å². The third-order valence-electron chi connectivity index (χ3n) is 3.87. The summed E-state index contributed by atoms with van der Waals surface area (Å²) in [5.74, 6) is 0.434. The molecular weight excluding hydrogens is 220 g/mol. The van der Waals surface area contributed by atoms with Crippen molar-refractivity contribution in [2.45, 2.75) is 44.6 Å². The van der Waals surface area contributed by atoms with Gasteiger partial charge in [-0.3, -0.25) is 0 Å². The van der Waals surface area contributed by atoms with Gasteiger partial charge in [-0.05, 0) is 30.4 Å². The van der Waals surface area contributed by atoms with Crippen LogP contribution in [0.1, 0.15) is 38.2 Å². The molecule has 0 saturated heterocycles. The van der Waals surface area contributed by atoms with E-state index in [0.717, 1.165) is 36.3 Å². The standard InChI is InChI=1S/C14H19ClO/c1-2-12-7-5-9-14(12,16)10-11-6-3-4-8-13(11)15/h3-4,6,8,12,16H,2,5,7,9-10H2,1H3. The zero-order valence-corrected chi connectivity index (χ0v) is 10.5. The first-order valence-electron chi connectivity index (χ1n) is 6.11. The van der Waals surface area contributed by atoms with E-state index in [2.05, 4.69) is 6.92 Å². The SMILES string of the molecule is CCC1CCCC1(O)Cc1ccccc1Cl. The van der Waals surface area contributed by atoms with Crippen molar-refractivity contribution in [3.8, 4) is 0 Å². The summed E-state index contributed by atoms with van der Waals surface area (Å²) in [5, 5.41) is 11.4. The van der Waals surface area contributed by atoms with Gasteiger partial charge >= 0.3 is 0 Å². The Hall–Kier alpha value is -0.530. The molecule has 0 heterocycles. The molecule has 1 aliphatic carbocycles. The second-order valence-electron chi connectivity index (χ2n) is 4.87. The third-order valence-corrected chi connectivity index (χ3v) is 4.24. The van der Waals surface area contributed by atoms with E-state index < -0.39 is 5.60 Å². The largest absolute Gasteiger partial charge is 0.389 e. The quantitative estimate of drug-likeness (QED) is 0.849. The number of rotatable bonds is 3. The lowest BCUT2D eigenvalue weighted by Crippen LogP contribution is -2.35. The number of hydrogen-bond acceptors (Lipinski definition) is 1. The average Bonchev–Trinajstić information content (AvgIpc) is 2.63. The molecule has 0 amide bonds. The van der Waals surface area contributed by atoms with Crippen molar-refractivity contribution in [3.05, 3.63) is 34.9 Å². The maximum Gasteiger partial charge on any atom is 0.0716 e. The van der Waals surface area contributed by atoms with Gasteiger partial charge in [-0.25, -0.2) is 0 Å². The molecule has 0 spiro atoms. The van der Waals surface area contributed by atoms with Crippen molar-refractivity contribution < 1.29 is 5.11 Å². The number of halogens is 1. The zero-order valence-electron chi connectivity index (χ0n) is 9.75. The fourth-order valence-electron chi connectivity index (χ4n) is 2.92. The van der Waals surface area contributed by atoms with Crippen molar-refractivity contribution in [2.75, 3.05) is 0 Å². The first-order valence-corrected chi connectivity index (χ1v) is 6.49. The summed E-state index contributed by atoms with van der Waals surface area (Å²) in [6, 6.07) is 7.84. The van der Waals surface area contributed by atoms with E-state index in [1.165, 1.54) is 0 Å². The molecule has 1 nitrogen and oxygen atoms in total. The van der Waals surface area contributed by atoms with Gasteiger partial charge in [-0.15, -0.1) is 0 Å². The Bertz CT molecular complexity index is 364. The van der Waals surface area contributed by atoms with Gasteiger partial charge in [0.1, 0.15) is 0 Å². The summed E-state index contributed by atoms with van der Waals surface area (Å²) in [7, 11) is 0. The van der Waals surface area contributed by atoms with Crippen molar-refractivity contribution in [2.24, 2.45) is 5.92 Å². The highest BCUT2D eigenvalue weighted by Gasteiger charge is 2.40. The van der Waals surface area contributed by atoms with Gasteiger partial charge in [0.25, 0.3) is 0 Å². The van der Waals surface area contributed by atoms with E-state index in [1.807, 2.05) is 24.3 Å². The van der Waals surface area contributed by atoms with Crippen LogP contribution in [0.2, 0.25) is 5.02 Å². The first-order chi connectivity index (χ1) is 7.65. The highest BCUT2D eigenvalue weighted by molar-refractivity contribution is 6.31. The van der Waals surface area contributed by atoms with Gasteiger partial charge < -0.3 is 5.11 Å². The van der Waals surface area contributed by atoms with Crippen LogP contribution in [0.3, 0.4) is 0 Å². The molecule has 2 rings (SSSR count). The minimum atomic E-state index is -0.528. The van der Waals surface area contributed by atoms with E-state index in [1.54, 1.807) is 0 Å². The Kier molecular flexibility index (Phi) is 3.56. The first kappa shape index (κ1) is 11.9. The topological polar surface area (TPSA) is 20.2 Å². The Balaban J connectivity index is 2.17. The van der Waals surface area contributed by atoms with E-state index in [4.69, 9.17) is 11.6 Å². The van der Waals surface area contributed by atoms with Crippen LogP contribution in [0.25, 0.3) is 0 Å². The Morgan fingerprint density at radius 2 is 2.19 bits per heavy atom. The Labute approximate surface area is 102 Å². The summed E-state index contributed by atoms with van der Waals surface area (Å²) in [6.45, 7) is 2.16. The van der Waals surface area contributed by atoms with Gasteiger partial charge in [0.15, 0.2) is 0 Å². The number of aliphatic hydroxyl groups is 1. The van der Waals surface area contributed by atoms with Crippen molar-refractivity contribution >= 4 is 11.6 Å². The van der Waals surface area contributed by atoms with E-state index in [9.17, 15) is 5.11 Å². The monoisotopic (exact) mass is 238 g/mol. The Morgan fingerprint density at radius 1 is 1.44 bits per heavy atom. The molecule has 16 heavy (non-hydrogen) atoms. The van der Waals surface area contributed by atoms with Crippen LogP contribution in [-0.4, -0.2) is 10.7 Å². The smallest absolute Gasteiger partial charge is 0.0716 e. The molecule has 1 saturated carbocycles. The second kappa shape index (κ2) is 4.77. The minimum Gasteiger partial charge on any atom is -0.389 e. The summed E-state index contributed by atoms with van der Waals surface area (Å²) in [4.78, 5) is 0. The maximum absolute atomic E-state index is 10.7. The van der Waals surface area contributed by atoms with Gasteiger partial charge in [-0.1, -0.05) is 49.6 Å². The van der Waals surface area contributed by atoms with Crippen LogP contribution < -0.4 is 0 Å². The average molecular weight is 239 g/mol. The molecule has 2 atom stereocenters. The van der Waals surface area contributed by atoms with Crippen LogP contribution in [0.4, 0.5) is 0 Å². The van der Waals surface area contributed by atoms with Gasteiger partial charge in [0.2, 0.25) is 0 Å². The molecule has 1 N–H and O–H groups in total. The van der Waals surface area contributed by atoms with Crippen LogP contribution in [0, 0.1) is 5.92 Å². The molecule has 0 aliphatic heterocycles. The molecule has 0 radical (unpaired) electrons. The van der Waals surface area contributed by atoms with Crippen molar-refractivity contribution in [3.63, 3.8) is 0 Å². The van der Waals surface area contributed by atoms with Crippen molar-refractivity contribution in [1.29, 1.82) is 0 Å². The highest BCUT2D eigenvalue weighted by Crippen LogP contribution is 2.40. The molecule has 1 aliphatic rings. The van der Waals surface area contributed by atoms with Crippen molar-refractivity contribution in [1.82, 2.24) is 0 Å². The predicted octanol–water partition coefficient (Wildman–Crippen LogP) is 3.82. The molecule has 1 aromatic carbocycles. The van der Waals surface area contributed by atoms with Gasteiger partial charge in [0.05, 0.1) is 5.60 Å². The third kappa shape index (κ3) is 2.26. The molecule has 2 heteroatoms. The molecule has 88 valence electrons. The van der Waals surface area contributed by atoms with Gasteiger partial charge in [0, 0.05) is 11.4 Å². The van der Waals surface area contributed by atoms with Crippen LogP contribution >= 0.6 is 11.6 Å². The number of hydrogen-bond donors (Lipinski definition) is 1. The van der Waals surface area contributed by atoms with Crippen LogP contribution in [-0.2, 0) is 6.42 Å². The fraction of sp³-hybridized carbons (Fsp3) is 0.571. The molecule has 1 aromatic rings. The molecular formula is C14H19ClO. The van der Waals surface area contributed by atoms with E-state index >= 15 is 0 Å². The summed E-state index contributed by atoms with van der Waals surface area (Å²) >= 11 is 6.14. The predicted molar refractivity (Wildman–Crippen MR) is 67.7 cm³/mol. The van der Waals surface area contributed by atoms with E-state index in [0.29, 0.717) is 12.3 Å². The fourth-order valence-corrected chi connectivity index (χ4v) is 3.12. The van der Waals surface area contributed by atoms with Crippen LogP contribution in [0.15, 0.2) is 24.3 Å². The molecule has 0 bridgehead atoms. The lowest BCUT2D eigenvalue weighted by molar-refractivity contribution is 0.00149. The van der Waals surface area contributed by atoms with Crippen LogP contribution in [0.5, 0.6) is 0 Å². The Morgan fingerprint density at radius 3 is 2.88 bits per heavy atom. The zero-order chi connectivity index (χ0) is 11.6. The maximum atomic E-state index is 10.7. The lowest BCUT2D eigenvalue weighted by atomic mass is 9.83. The normalized spacial score (nSPS) is 29.6. The summed E-state index contributed by atoms with van der Waals surface area (Å²) in [6.07, 6.45) is 4.96. The summed E-state index contributed by atoms with van der Waals surface area (Å²) < 4.78 is 0. The van der Waals surface area contributed by atoms with Gasteiger partial charge in [-0.2, -0.15) is 0 Å². The number of benzene rings is 1. The minimum absolute atomic E-state index is 0.434. The summed E-state index contributed by atoms with van der Waals surface area (Å²) in [5.41, 5.74) is 0.548. The highest BCUT2D eigenvalue weighted by atomic mass is 35.5. The molecule has 1 fully saturated rings. The second-order valence-corrected chi connectivity index (χ2v) is 5.28. The molecule has 0 aromatic heterocycles.